The molecule has 0 radical (unpaired) electrons. The van der Waals surface area contributed by atoms with Crippen LogP contribution in [0.1, 0.15) is 12.5 Å². The summed E-state index contributed by atoms with van der Waals surface area (Å²) in [7, 11) is 4.00. The summed E-state index contributed by atoms with van der Waals surface area (Å²) < 4.78 is 5.75. The Morgan fingerprint density at radius 2 is 1.87 bits per heavy atom. The molecule has 0 fully saturated rings. The Morgan fingerprint density at radius 3 is 2.52 bits per heavy atom. The highest BCUT2D eigenvalue weighted by Crippen LogP contribution is 2.33. The van der Waals surface area contributed by atoms with Gasteiger partial charge in [-0.1, -0.05) is 0 Å². The number of rotatable bonds is 7. The van der Waals surface area contributed by atoms with Crippen molar-refractivity contribution in [3.8, 4) is 17.1 Å². The van der Waals surface area contributed by atoms with E-state index in [1.165, 1.54) is 17.4 Å². The number of hydrazine groups is 1. The van der Waals surface area contributed by atoms with Gasteiger partial charge in [-0.3, -0.25) is 15.0 Å². The average molecular weight is 438 g/mol. The van der Waals surface area contributed by atoms with E-state index in [1.54, 1.807) is 6.92 Å². The molecule has 0 bridgehead atoms. The number of likely N-dealkylation sites (N-methyl/N-ethyl adjacent to an activating group) is 1. The van der Waals surface area contributed by atoms with Gasteiger partial charge in [-0.25, -0.2) is 9.97 Å². The number of benzene rings is 1. The molecule has 31 heavy (non-hydrogen) atoms. The van der Waals surface area contributed by atoms with Crippen LogP contribution in [0.3, 0.4) is 0 Å². The molecule has 2 amide bonds. The van der Waals surface area contributed by atoms with Crippen molar-refractivity contribution in [2.75, 3.05) is 32.7 Å². The van der Waals surface area contributed by atoms with Crippen LogP contribution in [0.15, 0.2) is 41.3 Å². The lowest BCUT2D eigenvalue weighted by atomic mass is 10.2. The molecule has 0 saturated carbocycles. The number of aryl methyl sites for hydroxylation is 1. The molecule has 0 unspecified atom stereocenters. The Morgan fingerprint density at radius 1 is 1.13 bits per heavy atom. The van der Waals surface area contributed by atoms with Crippen molar-refractivity contribution in [1.82, 2.24) is 19.9 Å². The summed E-state index contributed by atoms with van der Waals surface area (Å²) in [6, 6.07) is 7.56. The van der Waals surface area contributed by atoms with E-state index in [9.17, 15) is 9.59 Å². The number of hydrogen-bond donors (Lipinski definition) is 1. The van der Waals surface area contributed by atoms with Gasteiger partial charge in [0.2, 0.25) is 0 Å². The minimum absolute atomic E-state index is 0.384. The maximum atomic E-state index is 12.3. The summed E-state index contributed by atoms with van der Waals surface area (Å²) in [5, 5.41) is 3.76. The van der Waals surface area contributed by atoms with Crippen LogP contribution in [0.5, 0.6) is 5.75 Å². The van der Waals surface area contributed by atoms with Crippen molar-refractivity contribution in [3.63, 3.8) is 0 Å². The Hall–Kier alpha value is -3.30. The molecule has 3 heterocycles. The molecule has 2 aromatic heterocycles. The topological polar surface area (TPSA) is 87.7 Å². The van der Waals surface area contributed by atoms with Crippen LogP contribution in [-0.2, 0) is 9.59 Å². The molecule has 0 atom stereocenters. The summed E-state index contributed by atoms with van der Waals surface area (Å²) in [6.45, 7) is 4.99. The van der Waals surface area contributed by atoms with Gasteiger partial charge in [0.15, 0.2) is 11.6 Å². The molecule has 0 aliphatic carbocycles. The third-order valence-corrected chi connectivity index (χ3v) is 5.85. The third kappa shape index (κ3) is 4.28. The summed E-state index contributed by atoms with van der Waals surface area (Å²) >= 11 is 1.49. The number of thiophene rings is 1. The Labute approximate surface area is 184 Å². The zero-order valence-electron chi connectivity index (χ0n) is 17.8. The van der Waals surface area contributed by atoms with E-state index in [0.717, 1.165) is 38.6 Å². The van der Waals surface area contributed by atoms with Crippen molar-refractivity contribution in [2.45, 2.75) is 13.8 Å². The predicted octanol–water partition coefficient (Wildman–Crippen LogP) is 3.25. The molecular weight excluding hydrogens is 414 g/mol. The number of imide groups is 1. The number of nitrogens with one attached hydrogen (secondary N) is 1. The highest BCUT2D eigenvalue weighted by molar-refractivity contribution is 7.17. The van der Waals surface area contributed by atoms with Gasteiger partial charge in [0.25, 0.3) is 11.8 Å². The largest absolute Gasteiger partial charge is 0.492 e. The minimum Gasteiger partial charge on any atom is -0.492 e. The molecule has 160 valence electrons. The fourth-order valence-electron chi connectivity index (χ4n) is 3.14. The molecular formula is C22H23N5O3S. The quantitative estimate of drug-likeness (QED) is 0.568. The predicted molar refractivity (Wildman–Crippen MR) is 121 cm³/mol. The van der Waals surface area contributed by atoms with Gasteiger partial charge in [-0.05, 0) is 63.2 Å². The number of fused-ring (bicyclic) bond motifs is 1. The summed E-state index contributed by atoms with van der Waals surface area (Å²) in [6.07, 6.45) is 1.31. The van der Waals surface area contributed by atoms with Crippen molar-refractivity contribution in [2.24, 2.45) is 0 Å². The van der Waals surface area contributed by atoms with Crippen molar-refractivity contribution < 1.29 is 14.3 Å². The zero-order chi connectivity index (χ0) is 22.1. The molecule has 1 aromatic carbocycles. The Kier molecular flexibility index (Phi) is 5.71. The molecule has 4 rings (SSSR count). The lowest BCUT2D eigenvalue weighted by molar-refractivity contribution is -0.135. The molecule has 3 aromatic rings. The van der Waals surface area contributed by atoms with Crippen LogP contribution in [0.4, 0.5) is 5.82 Å². The second-order valence-corrected chi connectivity index (χ2v) is 8.45. The number of carbonyl (C=O) groups is 2. The lowest BCUT2D eigenvalue weighted by Crippen LogP contribution is -2.36. The van der Waals surface area contributed by atoms with E-state index in [2.05, 4.69) is 20.3 Å². The van der Waals surface area contributed by atoms with E-state index in [1.807, 2.05) is 50.7 Å². The van der Waals surface area contributed by atoms with E-state index >= 15 is 0 Å². The number of aromatic nitrogens is 2. The third-order valence-electron chi connectivity index (χ3n) is 4.86. The van der Waals surface area contributed by atoms with Crippen molar-refractivity contribution >= 4 is 39.2 Å². The highest BCUT2D eigenvalue weighted by atomic mass is 32.1. The van der Waals surface area contributed by atoms with Crippen LogP contribution >= 0.6 is 11.3 Å². The van der Waals surface area contributed by atoms with Crippen LogP contribution in [0.25, 0.3) is 21.6 Å². The standard InChI is InChI=1S/C22H23N5O3S/c1-13-11-17(28)27(22(13)29)25-20-18-14(2)12-31-21(18)24-19(23-20)15-5-7-16(8-6-15)30-10-9-26(3)4/h5-8,11-12H,9-10H2,1-4H3,(H,23,24,25). The number of anilines is 1. The zero-order valence-corrected chi connectivity index (χ0v) is 18.6. The van der Waals surface area contributed by atoms with Crippen LogP contribution in [-0.4, -0.2) is 58.9 Å². The summed E-state index contributed by atoms with van der Waals surface area (Å²) in [4.78, 5) is 36.7. The van der Waals surface area contributed by atoms with Gasteiger partial charge >= 0.3 is 0 Å². The number of hydrogen-bond acceptors (Lipinski definition) is 8. The molecule has 9 heteroatoms. The summed E-state index contributed by atoms with van der Waals surface area (Å²) in [5.74, 6) is 0.899. The van der Waals surface area contributed by atoms with Crippen LogP contribution in [0.2, 0.25) is 0 Å². The molecule has 8 nitrogen and oxygen atoms in total. The Balaban J connectivity index is 1.64. The van der Waals surface area contributed by atoms with Gasteiger partial charge in [-0.2, -0.15) is 5.01 Å². The smallest absolute Gasteiger partial charge is 0.275 e. The first-order chi connectivity index (χ1) is 14.8. The number of carbonyl (C=O) groups excluding carboxylic acids is 2. The molecule has 0 spiro atoms. The second-order valence-electron chi connectivity index (χ2n) is 7.59. The van der Waals surface area contributed by atoms with E-state index in [4.69, 9.17) is 4.74 Å². The van der Waals surface area contributed by atoms with Crippen molar-refractivity contribution in [1.29, 1.82) is 0 Å². The molecule has 1 aliphatic heterocycles. The van der Waals surface area contributed by atoms with Gasteiger partial charge in [0.05, 0.1) is 5.39 Å². The maximum absolute atomic E-state index is 12.3. The molecule has 0 saturated heterocycles. The van der Waals surface area contributed by atoms with Gasteiger partial charge in [0.1, 0.15) is 17.2 Å². The first-order valence-electron chi connectivity index (χ1n) is 9.80. The van der Waals surface area contributed by atoms with E-state index in [0.29, 0.717) is 23.8 Å². The lowest BCUT2D eigenvalue weighted by Gasteiger charge is -2.17. The van der Waals surface area contributed by atoms with Gasteiger partial charge in [-0.15, -0.1) is 11.3 Å². The van der Waals surface area contributed by atoms with Gasteiger partial charge < -0.3 is 9.64 Å². The number of ether oxygens (including phenoxy) is 1. The van der Waals surface area contributed by atoms with Crippen LogP contribution < -0.4 is 10.2 Å². The minimum atomic E-state index is -0.414. The highest BCUT2D eigenvalue weighted by Gasteiger charge is 2.30. The van der Waals surface area contributed by atoms with Crippen molar-refractivity contribution in [3.05, 3.63) is 46.9 Å². The number of amides is 2. The fraction of sp³-hybridized carbons (Fsp3) is 0.273. The van der Waals surface area contributed by atoms with Gasteiger partial charge in [0, 0.05) is 23.8 Å². The average Bonchev–Trinajstić information content (AvgIpc) is 3.22. The molecule has 1 aliphatic rings. The summed E-state index contributed by atoms with van der Waals surface area (Å²) in [5.41, 5.74) is 5.08. The normalized spacial score (nSPS) is 14.0. The monoisotopic (exact) mass is 437 g/mol. The molecule has 1 N–H and O–H groups in total. The first-order valence-corrected chi connectivity index (χ1v) is 10.7. The fourth-order valence-corrected chi connectivity index (χ4v) is 4.06. The number of nitrogens with zero attached hydrogens (tertiary/aromatic N) is 4. The van der Waals surface area contributed by atoms with E-state index in [-0.39, 0.29) is 5.91 Å². The maximum Gasteiger partial charge on any atom is 0.275 e. The van der Waals surface area contributed by atoms with E-state index < -0.39 is 5.91 Å². The Bertz CT molecular complexity index is 1180. The SMILES string of the molecule is CC1=CC(=O)N(Nc2nc(-c3ccc(OCCN(C)C)cc3)nc3scc(C)c23)C1=O. The second kappa shape index (κ2) is 8.44. The van der Waals surface area contributed by atoms with Crippen LogP contribution in [0, 0.1) is 6.92 Å². The first kappa shape index (κ1) is 21.0.